The largest absolute Gasteiger partial charge is 0.486 e. The summed E-state index contributed by atoms with van der Waals surface area (Å²) in [5.41, 5.74) is 3.23. The molecule has 29 heavy (non-hydrogen) atoms. The van der Waals surface area contributed by atoms with Crippen molar-refractivity contribution in [3.63, 3.8) is 0 Å². The zero-order chi connectivity index (χ0) is 20.5. The van der Waals surface area contributed by atoms with Crippen LogP contribution in [0.4, 0.5) is 0 Å². The van der Waals surface area contributed by atoms with Crippen molar-refractivity contribution in [2.45, 2.75) is 39.7 Å². The Morgan fingerprint density at radius 1 is 1.07 bits per heavy atom. The van der Waals surface area contributed by atoms with Crippen molar-refractivity contribution in [2.75, 3.05) is 0 Å². The van der Waals surface area contributed by atoms with E-state index in [1.165, 1.54) is 5.56 Å². The van der Waals surface area contributed by atoms with Crippen LogP contribution in [0.15, 0.2) is 60.1 Å². The molecule has 0 radical (unpaired) electrons. The van der Waals surface area contributed by atoms with Gasteiger partial charge in [-0.2, -0.15) is 0 Å². The van der Waals surface area contributed by atoms with E-state index < -0.39 is 0 Å². The van der Waals surface area contributed by atoms with Gasteiger partial charge in [0.15, 0.2) is 0 Å². The molecule has 2 aromatic carbocycles. The number of hydrogen-bond donors (Lipinski definition) is 0. The van der Waals surface area contributed by atoms with Crippen LogP contribution in [0, 0.1) is 17.8 Å². The third kappa shape index (κ3) is 7.21. The van der Waals surface area contributed by atoms with Crippen molar-refractivity contribution < 1.29 is 9.53 Å². The SMILES string of the molecule is CC(=O)CCC(C)Cc1ccc(C#Cc2ccc(OCc3nccs3)cc2)cc1. The predicted octanol–water partition coefficient (Wildman–Crippen LogP) is 5.67. The van der Waals surface area contributed by atoms with Gasteiger partial charge in [-0.3, -0.25) is 0 Å². The number of hydrogen-bond acceptors (Lipinski definition) is 4. The molecule has 0 N–H and O–H groups in total. The van der Waals surface area contributed by atoms with Gasteiger partial charge >= 0.3 is 0 Å². The van der Waals surface area contributed by atoms with Crippen molar-refractivity contribution in [2.24, 2.45) is 5.92 Å². The van der Waals surface area contributed by atoms with Crippen LogP contribution in [-0.4, -0.2) is 10.8 Å². The van der Waals surface area contributed by atoms with Crippen molar-refractivity contribution in [3.8, 4) is 17.6 Å². The Balaban J connectivity index is 1.52. The molecule has 1 heterocycles. The van der Waals surface area contributed by atoms with E-state index in [1.807, 2.05) is 29.6 Å². The Morgan fingerprint density at radius 3 is 2.31 bits per heavy atom. The number of ketones is 1. The fraction of sp³-hybridized carbons (Fsp3) is 0.280. The molecule has 0 fully saturated rings. The van der Waals surface area contributed by atoms with Crippen molar-refractivity contribution >= 4 is 17.1 Å². The second-order valence-electron chi connectivity index (χ2n) is 7.24. The summed E-state index contributed by atoms with van der Waals surface area (Å²) in [6, 6.07) is 16.2. The normalized spacial score (nSPS) is 11.4. The van der Waals surface area contributed by atoms with Gasteiger partial charge in [0, 0.05) is 29.1 Å². The topological polar surface area (TPSA) is 39.2 Å². The summed E-state index contributed by atoms with van der Waals surface area (Å²) >= 11 is 1.59. The Hall–Kier alpha value is -2.90. The molecule has 0 bridgehead atoms. The molecular formula is C25H25NO2S. The lowest BCUT2D eigenvalue weighted by atomic mass is 9.95. The molecule has 1 unspecified atom stereocenters. The number of ether oxygens (including phenoxy) is 1. The first-order chi connectivity index (χ1) is 14.1. The lowest BCUT2D eigenvalue weighted by molar-refractivity contribution is -0.117. The first kappa shape index (κ1) is 20.8. The van der Waals surface area contributed by atoms with Crippen LogP contribution in [-0.2, 0) is 17.8 Å². The molecule has 4 heteroatoms. The van der Waals surface area contributed by atoms with Gasteiger partial charge in [-0.1, -0.05) is 30.9 Å². The standard InChI is InChI=1S/C25H25NO2S/c1-19(3-4-20(2)27)17-23-9-7-21(8-10-23)5-6-22-11-13-24(14-12-22)28-18-25-26-15-16-29-25/h7-16,19H,3-4,17-18H2,1-2H3. The van der Waals surface area contributed by atoms with Crippen LogP contribution in [0.2, 0.25) is 0 Å². The van der Waals surface area contributed by atoms with Crippen molar-refractivity contribution in [3.05, 3.63) is 81.8 Å². The number of rotatable bonds is 8. The highest BCUT2D eigenvalue weighted by molar-refractivity contribution is 7.09. The Bertz CT molecular complexity index is 964. The van der Waals surface area contributed by atoms with Gasteiger partial charge in [0.25, 0.3) is 0 Å². The molecule has 0 aliphatic rings. The zero-order valence-electron chi connectivity index (χ0n) is 16.9. The first-order valence-electron chi connectivity index (χ1n) is 9.80. The molecule has 1 atom stereocenters. The van der Waals surface area contributed by atoms with Gasteiger partial charge in [-0.15, -0.1) is 11.3 Å². The fourth-order valence-electron chi connectivity index (χ4n) is 2.93. The third-order valence-electron chi connectivity index (χ3n) is 4.58. The molecule has 0 amide bonds. The molecule has 3 nitrogen and oxygen atoms in total. The number of carbonyl (C=O) groups is 1. The van der Waals surface area contributed by atoms with E-state index in [-0.39, 0.29) is 5.78 Å². The smallest absolute Gasteiger partial charge is 0.140 e. The number of aromatic nitrogens is 1. The van der Waals surface area contributed by atoms with E-state index in [2.05, 4.69) is 48.0 Å². The van der Waals surface area contributed by atoms with E-state index in [1.54, 1.807) is 24.5 Å². The monoisotopic (exact) mass is 403 g/mol. The summed E-state index contributed by atoms with van der Waals surface area (Å²) in [6.07, 6.45) is 4.38. The number of thiazole rings is 1. The molecule has 0 saturated carbocycles. The number of carbonyl (C=O) groups excluding carboxylic acids is 1. The van der Waals surface area contributed by atoms with Crippen molar-refractivity contribution in [1.82, 2.24) is 4.98 Å². The zero-order valence-corrected chi connectivity index (χ0v) is 17.7. The van der Waals surface area contributed by atoms with Gasteiger partial charge in [0.1, 0.15) is 23.1 Å². The molecule has 3 aromatic rings. The quantitative estimate of drug-likeness (QED) is 0.455. The Morgan fingerprint density at radius 2 is 1.72 bits per heavy atom. The van der Waals surface area contributed by atoms with E-state index in [0.29, 0.717) is 18.9 Å². The molecule has 148 valence electrons. The van der Waals surface area contributed by atoms with Crippen molar-refractivity contribution in [1.29, 1.82) is 0 Å². The van der Waals surface area contributed by atoms with Crippen LogP contribution >= 0.6 is 11.3 Å². The summed E-state index contributed by atoms with van der Waals surface area (Å²) in [5.74, 6) is 7.99. The summed E-state index contributed by atoms with van der Waals surface area (Å²) < 4.78 is 5.72. The van der Waals surface area contributed by atoms with Gasteiger partial charge < -0.3 is 9.53 Å². The lowest BCUT2D eigenvalue weighted by Gasteiger charge is -2.10. The minimum atomic E-state index is 0.265. The molecular weight excluding hydrogens is 378 g/mol. The maximum absolute atomic E-state index is 11.1. The van der Waals surface area contributed by atoms with Crippen LogP contribution in [0.1, 0.15) is 48.4 Å². The Labute approximate surface area is 176 Å². The second kappa shape index (κ2) is 10.6. The van der Waals surface area contributed by atoms with Gasteiger partial charge in [-0.25, -0.2) is 4.98 Å². The summed E-state index contributed by atoms with van der Waals surface area (Å²) in [7, 11) is 0. The number of Topliss-reactive ketones (excluding diaryl/α,β-unsaturated/α-hetero) is 1. The van der Waals surface area contributed by atoms with Gasteiger partial charge in [0.05, 0.1) is 0 Å². The lowest BCUT2D eigenvalue weighted by Crippen LogP contribution is -2.02. The molecule has 1 aromatic heterocycles. The minimum Gasteiger partial charge on any atom is -0.486 e. The van der Waals surface area contributed by atoms with E-state index in [4.69, 9.17) is 4.74 Å². The van der Waals surface area contributed by atoms with Crippen LogP contribution < -0.4 is 4.74 Å². The highest BCUT2D eigenvalue weighted by atomic mass is 32.1. The van der Waals surface area contributed by atoms with Gasteiger partial charge in [0.2, 0.25) is 0 Å². The van der Waals surface area contributed by atoms with Gasteiger partial charge in [-0.05, 0) is 67.6 Å². The second-order valence-corrected chi connectivity index (χ2v) is 8.21. The highest BCUT2D eigenvalue weighted by Crippen LogP contribution is 2.16. The molecule has 0 aliphatic heterocycles. The maximum atomic E-state index is 11.1. The van der Waals surface area contributed by atoms with E-state index >= 15 is 0 Å². The maximum Gasteiger partial charge on any atom is 0.140 e. The molecule has 0 spiro atoms. The molecule has 0 aliphatic carbocycles. The first-order valence-corrected chi connectivity index (χ1v) is 10.7. The van der Waals surface area contributed by atoms with E-state index in [0.717, 1.165) is 34.7 Å². The Kier molecular flexibility index (Phi) is 7.61. The van der Waals surface area contributed by atoms with E-state index in [9.17, 15) is 4.79 Å². The molecule has 0 saturated heterocycles. The molecule has 3 rings (SSSR count). The number of benzene rings is 2. The third-order valence-corrected chi connectivity index (χ3v) is 5.33. The summed E-state index contributed by atoms with van der Waals surface area (Å²) in [6.45, 7) is 4.34. The summed E-state index contributed by atoms with van der Waals surface area (Å²) in [4.78, 5) is 15.3. The fourth-order valence-corrected chi connectivity index (χ4v) is 3.45. The van der Waals surface area contributed by atoms with Crippen LogP contribution in [0.25, 0.3) is 0 Å². The predicted molar refractivity (Wildman–Crippen MR) is 118 cm³/mol. The summed E-state index contributed by atoms with van der Waals surface area (Å²) in [5, 5.41) is 2.91. The average Bonchev–Trinajstić information content (AvgIpc) is 3.25. The van der Waals surface area contributed by atoms with Crippen LogP contribution in [0.5, 0.6) is 5.75 Å². The minimum absolute atomic E-state index is 0.265. The number of nitrogens with zero attached hydrogens (tertiary/aromatic N) is 1. The van der Waals surface area contributed by atoms with Crippen LogP contribution in [0.3, 0.4) is 0 Å². The highest BCUT2D eigenvalue weighted by Gasteiger charge is 2.05. The average molecular weight is 404 g/mol.